The van der Waals surface area contributed by atoms with Crippen LogP contribution < -0.4 is 0 Å². The van der Waals surface area contributed by atoms with E-state index in [1.165, 1.54) is 13.2 Å². The maximum Gasteiger partial charge on any atom is 0.416 e. The van der Waals surface area contributed by atoms with Crippen LogP contribution in [0.5, 0.6) is 0 Å². The number of esters is 1. The molecule has 6 nitrogen and oxygen atoms in total. The van der Waals surface area contributed by atoms with Crippen LogP contribution in [0.15, 0.2) is 42.7 Å². The molecule has 0 bridgehead atoms. The van der Waals surface area contributed by atoms with Crippen molar-refractivity contribution in [3.8, 4) is 11.1 Å². The quantitative estimate of drug-likeness (QED) is 0.489. The van der Waals surface area contributed by atoms with Gasteiger partial charge in [0.05, 0.1) is 19.1 Å². The second kappa shape index (κ2) is 8.88. The van der Waals surface area contributed by atoms with E-state index in [4.69, 9.17) is 4.74 Å². The van der Waals surface area contributed by atoms with Gasteiger partial charge in [-0.15, -0.1) is 0 Å². The van der Waals surface area contributed by atoms with Gasteiger partial charge >= 0.3 is 12.1 Å². The van der Waals surface area contributed by atoms with Gasteiger partial charge in [0.1, 0.15) is 5.65 Å². The van der Waals surface area contributed by atoms with E-state index in [-0.39, 0.29) is 24.8 Å². The first kappa shape index (κ1) is 22.8. The molecule has 0 aliphatic heterocycles. The first-order chi connectivity index (χ1) is 15.7. The van der Waals surface area contributed by atoms with Gasteiger partial charge in [-0.25, -0.2) is 4.98 Å². The van der Waals surface area contributed by atoms with E-state index in [0.717, 1.165) is 25.0 Å². The number of amides is 1. The Morgan fingerprint density at radius 3 is 2.61 bits per heavy atom. The summed E-state index contributed by atoms with van der Waals surface area (Å²) < 4.78 is 47.0. The van der Waals surface area contributed by atoms with Crippen LogP contribution >= 0.6 is 0 Å². The van der Waals surface area contributed by atoms with Crippen molar-refractivity contribution < 1.29 is 27.5 Å². The van der Waals surface area contributed by atoms with E-state index in [1.807, 2.05) is 6.92 Å². The van der Waals surface area contributed by atoms with Crippen LogP contribution in [0.25, 0.3) is 16.8 Å². The van der Waals surface area contributed by atoms with Crippen molar-refractivity contribution in [2.45, 2.75) is 38.9 Å². The number of alkyl halides is 3. The SMILES string of the molecule is CCN(Cc1cc(C(F)(F)F)ccc1-c1cc(CC(=O)OC)n2cccnc12)C(=O)C1CC1. The van der Waals surface area contributed by atoms with Crippen LogP contribution in [0.4, 0.5) is 13.2 Å². The first-order valence-electron chi connectivity index (χ1n) is 10.7. The number of ether oxygens (including phenoxy) is 1. The lowest BCUT2D eigenvalue weighted by molar-refractivity contribution is -0.140. The monoisotopic (exact) mass is 459 g/mol. The third kappa shape index (κ3) is 4.72. The molecule has 0 saturated heterocycles. The second-order valence-corrected chi connectivity index (χ2v) is 8.11. The molecule has 0 unspecified atom stereocenters. The minimum atomic E-state index is -4.51. The average molecular weight is 459 g/mol. The third-order valence-electron chi connectivity index (χ3n) is 5.86. The van der Waals surface area contributed by atoms with Gasteiger partial charge in [0, 0.05) is 42.7 Å². The van der Waals surface area contributed by atoms with Crippen molar-refractivity contribution in [3.63, 3.8) is 0 Å². The van der Waals surface area contributed by atoms with E-state index in [1.54, 1.807) is 33.8 Å². The summed E-state index contributed by atoms with van der Waals surface area (Å²) in [5, 5.41) is 0. The summed E-state index contributed by atoms with van der Waals surface area (Å²) in [5.74, 6) is -0.514. The molecule has 174 valence electrons. The fourth-order valence-electron chi connectivity index (χ4n) is 3.96. The molecule has 9 heteroatoms. The number of benzene rings is 1. The van der Waals surface area contributed by atoms with Crippen LogP contribution in [0, 0.1) is 5.92 Å². The Morgan fingerprint density at radius 1 is 1.21 bits per heavy atom. The van der Waals surface area contributed by atoms with Gasteiger partial charge in [0.2, 0.25) is 5.91 Å². The molecule has 1 aliphatic rings. The number of carbonyl (C=O) groups excluding carboxylic acids is 2. The van der Waals surface area contributed by atoms with E-state index in [9.17, 15) is 22.8 Å². The lowest BCUT2D eigenvalue weighted by Gasteiger charge is -2.23. The molecule has 1 aliphatic carbocycles. The zero-order chi connectivity index (χ0) is 23.8. The summed E-state index contributed by atoms with van der Waals surface area (Å²) in [6.45, 7) is 2.27. The highest BCUT2D eigenvalue weighted by molar-refractivity contribution is 5.84. The van der Waals surface area contributed by atoms with E-state index < -0.39 is 17.7 Å². The molecule has 1 amide bonds. The fourth-order valence-corrected chi connectivity index (χ4v) is 3.96. The van der Waals surface area contributed by atoms with Crippen molar-refractivity contribution in [3.05, 3.63) is 59.5 Å². The molecular weight excluding hydrogens is 435 g/mol. The molecule has 33 heavy (non-hydrogen) atoms. The molecule has 4 rings (SSSR count). The van der Waals surface area contributed by atoms with Crippen LogP contribution in [-0.2, 0) is 33.5 Å². The molecule has 0 spiro atoms. The maximum absolute atomic E-state index is 13.5. The highest BCUT2D eigenvalue weighted by atomic mass is 19.4. The number of nitrogens with zero attached hydrogens (tertiary/aromatic N) is 3. The molecule has 3 aromatic rings. The highest BCUT2D eigenvalue weighted by Gasteiger charge is 2.34. The van der Waals surface area contributed by atoms with Crippen LogP contribution in [0.3, 0.4) is 0 Å². The predicted molar refractivity (Wildman–Crippen MR) is 115 cm³/mol. The number of aromatic nitrogens is 2. The first-order valence-corrected chi connectivity index (χ1v) is 10.7. The lowest BCUT2D eigenvalue weighted by atomic mass is 9.97. The molecule has 1 fully saturated rings. The molecule has 0 radical (unpaired) electrons. The Hall–Kier alpha value is -3.36. The number of rotatable bonds is 7. The Labute approximate surface area is 189 Å². The van der Waals surface area contributed by atoms with Gasteiger partial charge in [0.25, 0.3) is 0 Å². The van der Waals surface area contributed by atoms with E-state index >= 15 is 0 Å². The number of hydrogen-bond acceptors (Lipinski definition) is 4. The Balaban J connectivity index is 1.84. The van der Waals surface area contributed by atoms with Crippen LogP contribution in [0.2, 0.25) is 0 Å². The van der Waals surface area contributed by atoms with Crippen molar-refractivity contribution in [2.75, 3.05) is 13.7 Å². The van der Waals surface area contributed by atoms with E-state index in [0.29, 0.717) is 34.6 Å². The Bertz CT molecular complexity index is 1200. The number of fused-ring (bicyclic) bond motifs is 1. The molecule has 0 atom stereocenters. The standard InChI is InChI=1S/C24H24F3N3O3/c1-3-29(23(32)15-5-6-15)14-16-11-17(24(25,26)27)7-8-19(16)20-12-18(13-21(31)33-2)30-10-4-9-28-22(20)30/h4,7-12,15H,3,5-6,13-14H2,1-2H3. The molecule has 1 saturated carbocycles. The number of hydrogen-bond donors (Lipinski definition) is 0. The summed E-state index contributed by atoms with van der Waals surface area (Å²) in [6.07, 6.45) is 0.427. The van der Waals surface area contributed by atoms with Gasteiger partial charge in [0.15, 0.2) is 0 Å². The predicted octanol–water partition coefficient (Wildman–Crippen LogP) is 4.49. The van der Waals surface area contributed by atoms with Crippen molar-refractivity contribution in [2.24, 2.45) is 5.92 Å². The minimum Gasteiger partial charge on any atom is -0.469 e. The van der Waals surface area contributed by atoms with Gasteiger partial charge in [-0.2, -0.15) is 13.2 Å². The Morgan fingerprint density at radius 2 is 1.97 bits per heavy atom. The largest absolute Gasteiger partial charge is 0.469 e. The number of methoxy groups -OCH3 is 1. The van der Waals surface area contributed by atoms with Gasteiger partial charge in [-0.1, -0.05) is 6.07 Å². The summed E-state index contributed by atoms with van der Waals surface area (Å²) in [4.78, 5) is 30.6. The van der Waals surface area contributed by atoms with Crippen molar-refractivity contribution in [1.82, 2.24) is 14.3 Å². The summed E-state index contributed by atoms with van der Waals surface area (Å²) in [7, 11) is 1.29. The molecular formula is C24H24F3N3O3. The van der Waals surface area contributed by atoms with Gasteiger partial charge in [-0.05, 0) is 55.2 Å². The molecule has 1 aromatic carbocycles. The zero-order valence-electron chi connectivity index (χ0n) is 18.4. The number of halogens is 3. The summed E-state index contributed by atoms with van der Waals surface area (Å²) in [6, 6.07) is 7.00. The molecule has 2 heterocycles. The lowest BCUT2D eigenvalue weighted by Crippen LogP contribution is -2.31. The molecule has 2 aromatic heterocycles. The average Bonchev–Trinajstić information content (AvgIpc) is 3.59. The Kier molecular flexibility index (Phi) is 6.14. The van der Waals surface area contributed by atoms with E-state index in [2.05, 4.69) is 4.98 Å². The fraction of sp³-hybridized carbons (Fsp3) is 0.375. The minimum absolute atomic E-state index is 0.0133. The second-order valence-electron chi connectivity index (χ2n) is 8.11. The van der Waals surface area contributed by atoms with Crippen molar-refractivity contribution >= 4 is 17.5 Å². The summed E-state index contributed by atoms with van der Waals surface area (Å²) >= 11 is 0. The highest BCUT2D eigenvalue weighted by Crippen LogP contribution is 2.37. The smallest absolute Gasteiger partial charge is 0.416 e. The van der Waals surface area contributed by atoms with Crippen molar-refractivity contribution in [1.29, 1.82) is 0 Å². The molecule has 0 N–H and O–H groups in total. The maximum atomic E-state index is 13.5. The van der Waals surface area contributed by atoms with Gasteiger partial charge in [-0.3, -0.25) is 9.59 Å². The zero-order valence-corrected chi connectivity index (χ0v) is 18.4. The normalized spacial score (nSPS) is 13.8. The van der Waals surface area contributed by atoms with Gasteiger partial charge < -0.3 is 14.0 Å². The topological polar surface area (TPSA) is 63.9 Å². The van der Waals surface area contributed by atoms with Crippen LogP contribution in [-0.4, -0.2) is 39.8 Å². The third-order valence-corrected chi connectivity index (χ3v) is 5.86. The number of carbonyl (C=O) groups is 2. The summed E-state index contributed by atoms with van der Waals surface area (Å²) in [5.41, 5.74) is 1.84. The van der Waals surface area contributed by atoms with Crippen LogP contribution in [0.1, 0.15) is 36.6 Å².